The summed E-state index contributed by atoms with van der Waals surface area (Å²) in [5.74, 6) is 0.468. The van der Waals surface area contributed by atoms with E-state index in [0.717, 1.165) is 18.8 Å². The van der Waals surface area contributed by atoms with Gasteiger partial charge in [-0.15, -0.1) is 5.10 Å². The van der Waals surface area contributed by atoms with Crippen LogP contribution in [0.2, 0.25) is 0 Å². The zero-order valence-corrected chi connectivity index (χ0v) is 12.6. The van der Waals surface area contributed by atoms with Crippen LogP contribution in [0.15, 0.2) is 24.3 Å². The first-order valence-electron chi connectivity index (χ1n) is 6.82. The Hall–Kier alpha value is -1.99. The van der Waals surface area contributed by atoms with E-state index in [2.05, 4.69) is 15.2 Å². The summed E-state index contributed by atoms with van der Waals surface area (Å²) in [5.41, 5.74) is 8.79. The molecule has 7 heteroatoms. The highest BCUT2D eigenvalue weighted by Crippen LogP contribution is 2.18. The van der Waals surface area contributed by atoms with Crippen molar-refractivity contribution in [1.82, 2.24) is 19.9 Å². The Morgan fingerprint density at radius 1 is 1.24 bits per heavy atom. The minimum atomic E-state index is 0.468. The van der Waals surface area contributed by atoms with Crippen LogP contribution in [0.3, 0.4) is 0 Å². The average Bonchev–Trinajstić information content (AvgIpc) is 2.90. The zero-order chi connectivity index (χ0) is 14.8. The fourth-order valence-corrected chi connectivity index (χ4v) is 2.56. The van der Waals surface area contributed by atoms with E-state index in [0.29, 0.717) is 29.7 Å². The van der Waals surface area contributed by atoms with Gasteiger partial charge < -0.3 is 15.4 Å². The molecule has 1 saturated heterocycles. The van der Waals surface area contributed by atoms with Crippen molar-refractivity contribution in [3.8, 4) is 5.69 Å². The first kappa shape index (κ1) is 14.0. The van der Waals surface area contributed by atoms with Crippen molar-refractivity contribution in [3.05, 3.63) is 35.5 Å². The molecule has 1 aliphatic rings. The molecular weight excluding hydrogens is 286 g/mol. The number of hydrogen-bond donors (Lipinski definition) is 1. The van der Waals surface area contributed by atoms with Crippen molar-refractivity contribution in [2.45, 2.75) is 6.92 Å². The molecule has 0 bridgehead atoms. The van der Waals surface area contributed by atoms with Gasteiger partial charge in [0.2, 0.25) is 0 Å². The molecule has 21 heavy (non-hydrogen) atoms. The van der Waals surface area contributed by atoms with Crippen molar-refractivity contribution in [2.24, 2.45) is 0 Å². The third kappa shape index (κ3) is 2.74. The van der Waals surface area contributed by atoms with Crippen molar-refractivity contribution >= 4 is 23.0 Å². The number of aryl methyl sites for hydroxylation is 1. The average molecular weight is 303 g/mol. The van der Waals surface area contributed by atoms with Gasteiger partial charge in [-0.25, -0.2) is 0 Å². The molecule has 0 atom stereocenters. The molecule has 0 aliphatic carbocycles. The highest BCUT2D eigenvalue weighted by molar-refractivity contribution is 7.80. The van der Waals surface area contributed by atoms with Crippen molar-refractivity contribution in [3.63, 3.8) is 0 Å². The van der Waals surface area contributed by atoms with Gasteiger partial charge in [0.1, 0.15) is 4.99 Å². The molecule has 110 valence electrons. The Kier molecular flexibility index (Phi) is 3.85. The molecule has 1 aliphatic heterocycles. The fourth-order valence-electron chi connectivity index (χ4n) is 2.23. The van der Waals surface area contributed by atoms with E-state index in [4.69, 9.17) is 22.7 Å². The minimum Gasteiger partial charge on any atom is -0.382 e. The molecule has 0 spiro atoms. The number of ether oxygens (including phenoxy) is 1. The van der Waals surface area contributed by atoms with Gasteiger partial charge in [0.15, 0.2) is 11.5 Å². The maximum atomic E-state index is 6.17. The molecule has 0 saturated carbocycles. The third-order valence-electron chi connectivity index (χ3n) is 3.48. The lowest BCUT2D eigenvalue weighted by atomic mass is 10.2. The fraction of sp³-hybridized carbons (Fsp3) is 0.357. The van der Waals surface area contributed by atoms with Gasteiger partial charge in [-0.05, 0) is 19.1 Å². The number of nitrogens with two attached hydrogens (primary N) is 1. The van der Waals surface area contributed by atoms with E-state index < -0.39 is 0 Å². The molecule has 2 N–H and O–H groups in total. The van der Waals surface area contributed by atoms with Gasteiger partial charge in [0.05, 0.1) is 18.9 Å². The van der Waals surface area contributed by atoms with Crippen molar-refractivity contribution in [2.75, 3.05) is 32.0 Å². The molecule has 0 radical (unpaired) electrons. The number of rotatable bonds is 2. The van der Waals surface area contributed by atoms with Crippen LogP contribution < -0.4 is 5.73 Å². The first-order chi connectivity index (χ1) is 10.2. The number of anilines is 1. The maximum absolute atomic E-state index is 6.17. The summed E-state index contributed by atoms with van der Waals surface area (Å²) in [6, 6.07) is 7.94. The lowest BCUT2D eigenvalue weighted by Crippen LogP contribution is -2.40. The molecule has 6 nitrogen and oxygen atoms in total. The quantitative estimate of drug-likeness (QED) is 0.840. The smallest absolute Gasteiger partial charge is 0.164 e. The predicted octanol–water partition coefficient (Wildman–Crippen LogP) is 1.17. The lowest BCUT2D eigenvalue weighted by Gasteiger charge is -2.28. The van der Waals surface area contributed by atoms with E-state index in [1.165, 1.54) is 5.56 Å². The summed E-state index contributed by atoms with van der Waals surface area (Å²) in [6.07, 6.45) is 0. The maximum Gasteiger partial charge on any atom is 0.164 e. The number of aromatic nitrogens is 3. The Morgan fingerprint density at radius 3 is 2.57 bits per heavy atom. The standard InChI is InChI=1S/C14H17N5OS/c1-10-2-4-11(5-3-10)19-13(15)12(16-17-19)14(21)18-6-8-20-9-7-18/h2-5H,6-9,15H2,1H3. The number of thiocarbonyl (C=S) groups is 1. The van der Waals surface area contributed by atoms with Crippen LogP contribution in [0.1, 0.15) is 11.3 Å². The van der Waals surface area contributed by atoms with Crippen LogP contribution >= 0.6 is 12.2 Å². The van der Waals surface area contributed by atoms with Crippen LogP contribution in [0.4, 0.5) is 5.82 Å². The summed E-state index contributed by atoms with van der Waals surface area (Å²) in [5, 5.41) is 8.28. The van der Waals surface area contributed by atoms with Crippen molar-refractivity contribution in [1.29, 1.82) is 0 Å². The van der Waals surface area contributed by atoms with E-state index >= 15 is 0 Å². The normalized spacial score (nSPS) is 15.2. The minimum absolute atomic E-state index is 0.468. The summed E-state index contributed by atoms with van der Waals surface area (Å²) in [7, 11) is 0. The van der Waals surface area contributed by atoms with Crippen LogP contribution in [0, 0.1) is 6.92 Å². The van der Waals surface area contributed by atoms with Crippen molar-refractivity contribution < 1.29 is 4.74 Å². The Balaban J connectivity index is 1.88. The largest absolute Gasteiger partial charge is 0.382 e. The number of benzene rings is 1. The molecule has 0 amide bonds. The Bertz CT molecular complexity index is 646. The van der Waals surface area contributed by atoms with E-state index in [1.807, 2.05) is 31.2 Å². The van der Waals surface area contributed by atoms with Crippen LogP contribution in [0.5, 0.6) is 0 Å². The molecule has 2 aromatic rings. The lowest BCUT2D eigenvalue weighted by molar-refractivity contribution is 0.0692. The third-order valence-corrected chi connectivity index (χ3v) is 3.94. The second-order valence-corrected chi connectivity index (χ2v) is 5.36. The monoisotopic (exact) mass is 303 g/mol. The second-order valence-electron chi connectivity index (χ2n) is 4.98. The molecule has 1 aromatic carbocycles. The van der Waals surface area contributed by atoms with E-state index in [1.54, 1.807) is 4.68 Å². The number of morpholine rings is 1. The van der Waals surface area contributed by atoms with Gasteiger partial charge in [0, 0.05) is 13.1 Å². The Morgan fingerprint density at radius 2 is 1.90 bits per heavy atom. The molecule has 3 rings (SSSR count). The number of nitrogen functional groups attached to an aromatic ring is 1. The van der Waals surface area contributed by atoms with E-state index in [-0.39, 0.29) is 0 Å². The van der Waals surface area contributed by atoms with Gasteiger partial charge in [0.25, 0.3) is 0 Å². The summed E-state index contributed by atoms with van der Waals surface area (Å²) < 4.78 is 6.94. The van der Waals surface area contributed by atoms with Gasteiger partial charge >= 0.3 is 0 Å². The summed E-state index contributed by atoms with van der Waals surface area (Å²) in [4.78, 5) is 2.69. The topological polar surface area (TPSA) is 69.2 Å². The highest BCUT2D eigenvalue weighted by Gasteiger charge is 2.21. The summed E-state index contributed by atoms with van der Waals surface area (Å²) >= 11 is 5.49. The second kappa shape index (κ2) is 5.79. The molecule has 0 unspecified atom stereocenters. The molecule has 1 fully saturated rings. The SMILES string of the molecule is Cc1ccc(-n2nnc(C(=S)N3CCOCC3)c2N)cc1. The number of nitrogens with zero attached hydrogens (tertiary/aromatic N) is 4. The summed E-state index contributed by atoms with van der Waals surface area (Å²) in [6.45, 7) is 4.90. The first-order valence-corrected chi connectivity index (χ1v) is 7.23. The zero-order valence-electron chi connectivity index (χ0n) is 11.8. The van der Waals surface area contributed by atoms with Crippen LogP contribution in [-0.4, -0.2) is 51.2 Å². The Labute approximate surface area is 128 Å². The van der Waals surface area contributed by atoms with Gasteiger partial charge in [-0.1, -0.05) is 35.1 Å². The van der Waals surface area contributed by atoms with Crippen LogP contribution in [0.25, 0.3) is 5.69 Å². The predicted molar refractivity (Wildman–Crippen MR) is 84.6 cm³/mol. The van der Waals surface area contributed by atoms with E-state index in [9.17, 15) is 0 Å². The highest BCUT2D eigenvalue weighted by atomic mass is 32.1. The number of hydrogen-bond acceptors (Lipinski definition) is 5. The van der Waals surface area contributed by atoms with Crippen LogP contribution in [-0.2, 0) is 4.74 Å². The van der Waals surface area contributed by atoms with Gasteiger partial charge in [-0.2, -0.15) is 4.68 Å². The molecular formula is C14H17N5OS. The molecule has 2 heterocycles. The molecule has 1 aromatic heterocycles. The van der Waals surface area contributed by atoms with Gasteiger partial charge in [-0.3, -0.25) is 0 Å².